The van der Waals surface area contributed by atoms with Crippen molar-refractivity contribution < 1.29 is 27.8 Å². The molecule has 31 heavy (non-hydrogen) atoms. The van der Waals surface area contributed by atoms with Crippen LogP contribution < -0.4 is 9.47 Å². The van der Waals surface area contributed by atoms with Gasteiger partial charge in [-0.3, -0.25) is 9.59 Å². The van der Waals surface area contributed by atoms with E-state index in [0.29, 0.717) is 43.9 Å². The highest BCUT2D eigenvalue weighted by molar-refractivity contribution is 5.98. The van der Waals surface area contributed by atoms with E-state index in [9.17, 15) is 18.4 Å². The average molecular weight is 429 g/mol. The number of allylic oxidation sites excluding steroid dienone is 1. The van der Waals surface area contributed by atoms with E-state index in [4.69, 9.17) is 9.47 Å². The average Bonchev–Trinajstić information content (AvgIpc) is 2.79. The Bertz CT molecular complexity index is 968. The van der Waals surface area contributed by atoms with Crippen molar-refractivity contribution in [3.63, 3.8) is 0 Å². The lowest BCUT2D eigenvalue weighted by Gasteiger charge is -2.31. The molecule has 0 aromatic heterocycles. The molecule has 1 aliphatic heterocycles. The number of carbonyl (C=O) groups is 2. The van der Waals surface area contributed by atoms with Crippen molar-refractivity contribution in [3.05, 3.63) is 71.8 Å². The van der Waals surface area contributed by atoms with E-state index in [2.05, 4.69) is 6.58 Å². The quantitative estimate of drug-likeness (QED) is 0.466. The fourth-order valence-electron chi connectivity index (χ4n) is 3.65. The van der Waals surface area contributed by atoms with Crippen LogP contribution in [-0.4, -0.2) is 43.4 Å². The molecule has 1 aliphatic rings. The van der Waals surface area contributed by atoms with Crippen LogP contribution in [0.5, 0.6) is 11.5 Å². The van der Waals surface area contributed by atoms with Gasteiger partial charge in [0.05, 0.1) is 12.7 Å². The van der Waals surface area contributed by atoms with Gasteiger partial charge in [-0.15, -0.1) is 6.58 Å². The van der Waals surface area contributed by atoms with E-state index < -0.39 is 23.3 Å². The van der Waals surface area contributed by atoms with Gasteiger partial charge in [0.2, 0.25) is 0 Å². The molecule has 0 bridgehead atoms. The van der Waals surface area contributed by atoms with Gasteiger partial charge in [0.25, 0.3) is 5.91 Å². The van der Waals surface area contributed by atoms with Crippen LogP contribution in [0, 0.1) is 17.6 Å². The predicted octanol–water partition coefficient (Wildman–Crippen LogP) is 4.20. The third-order valence-corrected chi connectivity index (χ3v) is 5.37. The number of benzene rings is 2. The number of nitrogens with zero attached hydrogens (tertiary/aromatic N) is 1. The molecule has 0 saturated carbocycles. The lowest BCUT2D eigenvalue weighted by Crippen LogP contribution is -2.42. The zero-order valence-corrected chi connectivity index (χ0v) is 17.4. The highest BCUT2D eigenvalue weighted by Gasteiger charge is 2.29. The van der Waals surface area contributed by atoms with Crippen molar-refractivity contribution in [1.82, 2.24) is 4.90 Å². The van der Waals surface area contributed by atoms with Gasteiger partial charge < -0.3 is 14.4 Å². The summed E-state index contributed by atoms with van der Waals surface area (Å²) in [6.07, 6.45) is 3.26. The number of amides is 1. The zero-order chi connectivity index (χ0) is 22.4. The van der Waals surface area contributed by atoms with Gasteiger partial charge in [-0.25, -0.2) is 8.78 Å². The van der Waals surface area contributed by atoms with Gasteiger partial charge in [0.1, 0.15) is 11.6 Å². The van der Waals surface area contributed by atoms with E-state index in [1.54, 1.807) is 17.0 Å². The molecule has 1 fully saturated rings. The van der Waals surface area contributed by atoms with E-state index in [1.165, 1.54) is 7.11 Å². The summed E-state index contributed by atoms with van der Waals surface area (Å²) in [5.41, 5.74) is 0.784. The van der Waals surface area contributed by atoms with E-state index in [0.717, 1.165) is 23.8 Å². The molecule has 2 aromatic rings. The van der Waals surface area contributed by atoms with Crippen LogP contribution in [0.3, 0.4) is 0 Å². The Kier molecular flexibility index (Phi) is 7.39. The molecule has 1 saturated heterocycles. The molecule has 0 N–H and O–H groups in total. The number of rotatable bonds is 8. The first-order valence-corrected chi connectivity index (χ1v) is 10.1. The van der Waals surface area contributed by atoms with Gasteiger partial charge in [0, 0.05) is 19.0 Å². The molecule has 0 unspecified atom stereocenters. The van der Waals surface area contributed by atoms with Crippen molar-refractivity contribution in [3.8, 4) is 11.5 Å². The summed E-state index contributed by atoms with van der Waals surface area (Å²) in [6, 6.07) is 8.34. The first-order chi connectivity index (χ1) is 14.9. The number of methoxy groups -OCH3 is 1. The summed E-state index contributed by atoms with van der Waals surface area (Å²) >= 11 is 0. The van der Waals surface area contributed by atoms with Crippen molar-refractivity contribution in [2.24, 2.45) is 5.92 Å². The Morgan fingerprint density at radius 2 is 1.87 bits per heavy atom. The zero-order valence-electron chi connectivity index (χ0n) is 17.4. The SMILES string of the molecule is C=CCc1ccc(OCC(=O)N2CCC(C(=O)c3cc(F)ccc3F)CC2)c(OC)c1. The molecule has 0 aliphatic carbocycles. The number of halogens is 2. The van der Waals surface area contributed by atoms with Gasteiger partial charge in [-0.2, -0.15) is 0 Å². The molecule has 1 amide bonds. The highest BCUT2D eigenvalue weighted by atomic mass is 19.1. The number of piperidine rings is 1. The minimum Gasteiger partial charge on any atom is -0.493 e. The summed E-state index contributed by atoms with van der Waals surface area (Å²) in [4.78, 5) is 26.7. The minimum absolute atomic E-state index is 0.158. The topological polar surface area (TPSA) is 55.8 Å². The summed E-state index contributed by atoms with van der Waals surface area (Å²) in [5.74, 6) is -1.46. The molecule has 0 spiro atoms. The van der Waals surface area contributed by atoms with Crippen LogP contribution in [0.25, 0.3) is 0 Å². The number of hydrogen-bond donors (Lipinski definition) is 0. The lowest BCUT2D eigenvalue weighted by atomic mass is 9.88. The predicted molar refractivity (Wildman–Crippen MR) is 112 cm³/mol. The monoisotopic (exact) mass is 429 g/mol. The number of carbonyl (C=O) groups excluding carboxylic acids is 2. The second-order valence-corrected chi connectivity index (χ2v) is 7.41. The van der Waals surface area contributed by atoms with Crippen LogP contribution in [0.2, 0.25) is 0 Å². The summed E-state index contributed by atoms with van der Waals surface area (Å²) in [6.45, 7) is 4.25. The van der Waals surface area contributed by atoms with E-state index in [-0.39, 0.29) is 18.1 Å². The second kappa shape index (κ2) is 10.2. The molecular weight excluding hydrogens is 404 g/mol. The maximum atomic E-state index is 13.9. The van der Waals surface area contributed by atoms with Gasteiger partial charge in [-0.1, -0.05) is 12.1 Å². The molecule has 5 nitrogen and oxygen atoms in total. The first kappa shape index (κ1) is 22.5. The van der Waals surface area contributed by atoms with Crippen LogP contribution in [-0.2, 0) is 11.2 Å². The Balaban J connectivity index is 1.54. The van der Waals surface area contributed by atoms with Crippen LogP contribution in [0.15, 0.2) is 49.1 Å². The maximum Gasteiger partial charge on any atom is 0.260 e. The smallest absolute Gasteiger partial charge is 0.260 e. The first-order valence-electron chi connectivity index (χ1n) is 10.1. The van der Waals surface area contributed by atoms with Crippen LogP contribution >= 0.6 is 0 Å². The van der Waals surface area contributed by atoms with Crippen LogP contribution in [0.4, 0.5) is 8.78 Å². The number of ether oxygens (including phenoxy) is 2. The Morgan fingerprint density at radius 1 is 1.13 bits per heavy atom. The largest absolute Gasteiger partial charge is 0.493 e. The van der Waals surface area contributed by atoms with Crippen molar-refractivity contribution >= 4 is 11.7 Å². The number of likely N-dealkylation sites (tertiary alicyclic amines) is 1. The fraction of sp³-hybridized carbons (Fsp3) is 0.333. The van der Waals surface area contributed by atoms with Crippen molar-refractivity contribution in [2.45, 2.75) is 19.3 Å². The third-order valence-electron chi connectivity index (χ3n) is 5.37. The lowest BCUT2D eigenvalue weighted by molar-refractivity contribution is -0.134. The summed E-state index contributed by atoms with van der Waals surface area (Å²) < 4.78 is 38.3. The Labute approximate surface area is 180 Å². The molecule has 0 radical (unpaired) electrons. The van der Waals surface area contributed by atoms with Crippen molar-refractivity contribution in [1.29, 1.82) is 0 Å². The number of hydrogen-bond acceptors (Lipinski definition) is 4. The number of ketones is 1. The molecule has 2 aromatic carbocycles. The standard InChI is InChI=1S/C24H25F2NO4/c1-3-4-16-5-8-21(22(13-16)30-2)31-15-23(28)27-11-9-17(10-12-27)24(29)19-14-18(25)6-7-20(19)26/h3,5-8,13-14,17H,1,4,9-12,15H2,2H3. The van der Waals surface area contributed by atoms with Crippen molar-refractivity contribution in [2.75, 3.05) is 26.8 Å². The molecule has 1 heterocycles. The molecule has 3 rings (SSSR count). The Morgan fingerprint density at radius 3 is 2.55 bits per heavy atom. The van der Waals surface area contributed by atoms with Crippen LogP contribution in [0.1, 0.15) is 28.8 Å². The molecule has 7 heteroatoms. The van der Waals surface area contributed by atoms with Gasteiger partial charge >= 0.3 is 0 Å². The summed E-state index contributed by atoms with van der Waals surface area (Å²) in [7, 11) is 1.53. The fourth-order valence-corrected chi connectivity index (χ4v) is 3.65. The van der Waals surface area contributed by atoms with Gasteiger partial charge in [-0.05, 0) is 55.2 Å². The third kappa shape index (κ3) is 5.48. The van der Waals surface area contributed by atoms with Gasteiger partial charge in [0.15, 0.2) is 23.9 Å². The molecule has 0 atom stereocenters. The highest BCUT2D eigenvalue weighted by Crippen LogP contribution is 2.29. The van der Waals surface area contributed by atoms with E-state index in [1.807, 2.05) is 12.1 Å². The second-order valence-electron chi connectivity index (χ2n) is 7.41. The Hall–Kier alpha value is -3.22. The number of Topliss-reactive ketones (excluding diaryl/α,β-unsaturated/α-hetero) is 1. The summed E-state index contributed by atoms with van der Waals surface area (Å²) in [5, 5.41) is 0. The maximum absolute atomic E-state index is 13.9. The van der Waals surface area contributed by atoms with E-state index >= 15 is 0 Å². The molecular formula is C24H25F2NO4. The molecule has 164 valence electrons. The minimum atomic E-state index is -0.730. The normalized spacial score (nSPS) is 14.2.